The predicted octanol–water partition coefficient (Wildman–Crippen LogP) is 3.20. The number of ether oxygens (including phenoxy) is 1. The molecule has 0 aliphatic heterocycles. The fourth-order valence-corrected chi connectivity index (χ4v) is 1.71. The summed E-state index contributed by atoms with van der Waals surface area (Å²) in [4.78, 5) is 11.1. The lowest BCUT2D eigenvalue weighted by molar-refractivity contribution is 0.0697. The van der Waals surface area contributed by atoms with Gasteiger partial charge in [-0.05, 0) is 41.5 Å². The van der Waals surface area contributed by atoms with Crippen LogP contribution < -0.4 is 4.74 Å². The first kappa shape index (κ1) is 12.1. The van der Waals surface area contributed by atoms with Gasteiger partial charge in [-0.25, -0.2) is 9.18 Å². The SMILES string of the molecule is COc1ccc(-c2cc(F)ccc2C(=O)O)cc1. The summed E-state index contributed by atoms with van der Waals surface area (Å²) in [7, 11) is 1.54. The van der Waals surface area contributed by atoms with Crippen LogP contribution in [0.1, 0.15) is 10.4 Å². The summed E-state index contributed by atoms with van der Waals surface area (Å²) in [5, 5.41) is 9.07. The van der Waals surface area contributed by atoms with Crippen molar-refractivity contribution in [3.8, 4) is 16.9 Å². The number of carboxylic acid groups (broad SMARTS) is 1. The number of hydrogen-bond acceptors (Lipinski definition) is 2. The fourth-order valence-electron chi connectivity index (χ4n) is 1.71. The van der Waals surface area contributed by atoms with E-state index in [0.29, 0.717) is 16.9 Å². The van der Waals surface area contributed by atoms with Crippen LogP contribution in [-0.4, -0.2) is 18.2 Å². The Balaban J connectivity index is 2.54. The van der Waals surface area contributed by atoms with Gasteiger partial charge in [0.15, 0.2) is 0 Å². The van der Waals surface area contributed by atoms with E-state index in [1.807, 2.05) is 0 Å². The first-order chi connectivity index (χ1) is 8.61. The number of halogens is 1. The summed E-state index contributed by atoms with van der Waals surface area (Å²) in [5.74, 6) is -0.890. The molecule has 1 N–H and O–H groups in total. The molecule has 0 aromatic heterocycles. The van der Waals surface area contributed by atoms with Gasteiger partial charge in [-0.15, -0.1) is 0 Å². The second-order valence-corrected chi connectivity index (χ2v) is 3.72. The number of rotatable bonds is 3. The van der Waals surface area contributed by atoms with Gasteiger partial charge < -0.3 is 9.84 Å². The Morgan fingerprint density at radius 1 is 1.17 bits per heavy atom. The largest absolute Gasteiger partial charge is 0.497 e. The number of methoxy groups -OCH3 is 1. The summed E-state index contributed by atoms with van der Waals surface area (Å²) in [6, 6.07) is 10.4. The molecule has 0 bridgehead atoms. The second kappa shape index (κ2) is 4.87. The van der Waals surface area contributed by atoms with Crippen LogP contribution in [0.15, 0.2) is 42.5 Å². The minimum atomic E-state index is -1.08. The van der Waals surface area contributed by atoms with Gasteiger partial charge in [0, 0.05) is 0 Å². The molecule has 0 heterocycles. The van der Waals surface area contributed by atoms with E-state index in [-0.39, 0.29) is 5.56 Å². The molecule has 18 heavy (non-hydrogen) atoms. The van der Waals surface area contributed by atoms with Crippen molar-refractivity contribution in [1.29, 1.82) is 0 Å². The maximum Gasteiger partial charge on any atom is 0.336 e. The number of carboxylic acids is 1. The highest BCUT2D eigenvalue weighted by atomic mass is 19.1. The van der Waals surface area contributed by atoms with E-state index in [2.05, 4.69) is 0 Å². The molecule has 0 amide bonds. The van der Waals surface area contributed by atoms with E-state index in [9.17, 15) is 9.18 Å². The van der Waals surface area contributed by atoms with Crippen LogP contribution in [0.4, 0.5) is 4.39 Å². The summed E-state index contributed by atoms with van der Waals surface area (Å²) >= 11 is 0. The standard InChI is InChI=1S/C14H11FO3/c1-18-11-5-2-9(3-6-11)13-8-10(15)4-7-12(13)14(16)17/h2-8H,1H3,(H,16,17). The van der Waals surface area contributed by atoms with Crippen molar-refractivity contribution < 1.29 is 19.0 Å². The van der Waals surface area contributed by atoms with Gasteiger partial charge in [0.1, 0.15) is 11.6 Å². The number of hydrogen-bond donors (Lipinski definition) is 1. The van der Waals surface area contributed by atoms with Gasteiger partial charge in [0.05, 0.1) is 12.7 Å². The highest BCUT2D eigenvalue weighted by Gasteiger charge is 2.12. The highest BCUT2D eigenvalue weighted by molar-refractivity contribution is 5.96. The van der Waals surface area contributed by atoms with E-state index in [1.54, 1.807) is 31.4 Å². The van der Waals surface area contributed by atoms with E-state index in [1.165, 1.54) is 12.1 Å². The van der Waals surface area contributed by atoms with Crippen LogP contribution in [-0.2, 0) is 0 Å². The minimum absolute atomic E-state index is 0.0709. The van der Waals surface area contributed by atoms with Gasteiger partial charge in [-0.3, -0.25) is 0 Å². The first-order valence-electron chi connectivity index (χ1n) is 5.29. The molecule has 2 rings (SSSR count). The lowest BCUT2D eigenvalue weighted by Crippen LogP contribution is -2.00. The van der Waals surface area contributed by atoms with Gasteiger partial charge in [0.25, 0.3) is 0 Å². The van der Waals surface area contributed by atoms with Crippen LogP contribution in [0.5, 0.6) is 5.75 Å². The molecule has 0 aliphatic carbocycles. The van der Waals surface area contributed by atoms with Gasteiger partial charge in [-0.1, -0.05) is 12.1 Å². The van der Waals surface area contributed by atoms with Crippen molar-refractivity contribution in [3.05, 3.63) is 53.8 Å². The van der Waals surface area contributed by atoms with Gasteiger partial charge >= 0.3 is 5.97 Å². The Kier molecular flexibility index (Phi) is 3.28. The minimum Gasteiger partial charge on any atom is -0.497 e. The van der Waals surface area contributed by atoms with Crippen LogP contribution in [0.25, 0.3) is 11.1 Å². The predicted molar refractivity (Wildman–Crippen MR) is 65.3 cm³/mol. The Hall–Kier alpha value is -2.36. The Morgan fingerprint density at radius 3 is 2.39 bits per heavy atom. The molecule has 0 saturated carbocycles. The Morgan fingerprint density at radius 2 is 1.83 bits per heavy atom. The molecule has 0 fully saturated rings. The molecule has 0 atom stereocenters. The quantitative estimate of drug-likeness (QED) is 0.904. The second-order valence-electron chi connectivity index (χ2n) is 3.72. The summed E-state index contributed by atoms with van der Waals surface area (Å²) in [5.41, 5.74) is 1.06. The maximum atomic E-state index is 13.2. The number of aromatic carboxylic acids is 1. The number of carbonyl (C=O) groups is 1. The van der Waals surface area contributed by atoms with Crippen molar-refractivity contribution in [2.24, 2.45) is 0 Å². The molecule has 92 valence electrons. The Labute approximate surface area is 103 Å². The first-order valence-corrected chi connectivity index (χ1v) is 5.29. The molecule has 0 unspecified atom stereocenters. The summed E-state index contributed by atoms with van der Waals surface area (Å²) in [6.07, 6.45) is 0. The van der Waals surface area contributed by atoms with Crippen molar-refractivity contribution >= 4 is 5.97 Å². The highest BCUT2D eigenvalue weighted by Crippen LogP contribution is 2.26. The van der Waals surface area contributed by atoms with Crippen molar-refractivity contribution in [1.82, 2.24) is 0 Å². The van der Waals surface area contributed by atoms with Gasteiger partial charge in [-0.2, -0.15) is 0 Å². The van der Waals surface area contributed by atoms with E-state index in [0.717, 1.165) is 6.07 Å². The van der Waals surface area contributed by atoms with Crippen molar-refractivity contribution in [2.75, 3.05) is 7.11 Å². The third-order valence-electron chi connectivity index (χ3n) is 2.61. The molecule has 2 aromatic carbocycles. The topological polar surface area (TPSA) is 46.5 Å². The van der Waals surface area contributed by atoms with E-state index < -0.39 is 11.8 Å². The fraction of sp³-hybridized carbons (Fsp3) is 0.0714. The Bertz CT molecular complexity index is 576. The molecular weight excluding hydrogens is 235 g/mol. The zero-order chi connectivity index (χ0) is 13.1. The zero-order valence-electron chi connectivity index (χ0n) is 9.68. The van der Waals surface area contributed by atoms with E-state index in [4.69, 9.17) is 9.84 Å². The van der Waals surface area contributed by atoms with Crippen LogP contribution in [0.3, 0.4) is 0 Å². The van der Waals surface area contributed by atoms with E-state index >= 15 is 0 Å². The molecule has 4 heteroatoms. The molecule has 0 aliphatic rings. The molecule has 0 spiro atoms. The van der Waals surface area contributed by atoms with Crippen molar-refractivity contribution in [2.45, 2.75) is 0 Å². The molecule has 0 radical (unpaired) electrons. The lowest BCUT2D eigenvalue weighted by Gasteiger charge is -2.07. The maximum absolute atomic E-state index is 13.2. The zero-order valence-corrected chi connectivity index (χ0v) is 9.68. The summed E-state index contributed by atoms with van der Waals surface area (Å²) < 4.78 is 18.2. The summed E-state index contributed by atoms with van der Waals surface area (Å²) in [6.45, 7) is 0. The smallest absolute Gasteiger partial charge is 0.336 e. The normalized spacial score (nSPS) is 10.1. The average Bonchev–Trinajstić information content (AvgIpc) is 2.38. The van der Waals surface area contributed by atoms with Crippen LogP contribution in [0, 0.1) is 5.82 Å². The molecule has 2 aromatic rings. The third kappa shape index (κ3) is 2.32. The van der Waals surface area contributed by atoms with Crippen LogP contribution >= 0.6 is 0 Å². The monoisotopic (exact) mass is 246 g/mol. The van der Waals surface area contributed by atoms with Gasteiger partial charge in [0.2, 0.25) is 0 Å². The van der Waals surface area contributed by atoms with Crippen molar-refractivity contribution in [3.63, 3.8) is 0 Å². The average molecular weight is 246 g/mol. The lowest BCUT2D eigenvalue weighted by atomic mass is 9.99. The molecule has 0 saturated heterocycles. The molecular formula is C14H11FO3. The third-order valence-corrected chi connectivity index (χ3v) is 2.61. The van der Waals surface area contributed by atoms with Crippen LogP contribution in [0.2, 0.25) is 0 Å². The molecule has 3 nitrogen and oxygen atoms in total. The number of benzene rings is 2.